The summed E-state index contributed by atoms with van der Waals surface area (Å²) in [5.74, 6) is 0.510. The lowest BCUT2D eigenvalue weighted by molar-refractivity contribution is -0.120. The van der Waals surface area contributed by atoms with Gasteiger partial charge in [-0.05, 0) is 0 Å². The number of aromatic nitrogens is 1. The zero-order chi connectivity index (χ0) is 7.40. The van der Waals surface area contributed by atoms with E-state index < -0.39 is 0 Å². The van der Waals surface area contributed by atoms with Crippen LogP contribution >= 0.6 is 0 Å². The molecule has 1 aromatic rings. The lowest BCUT2D eigenvalue weighted by Gasteiger charge is -1.92. The summed E-state index contributed by atoms with van der Waals surface area (Å²) >= 11 is 0. The van der Waals surface area contributed by atoms with Crippen LogP contribution < -0.4 is 5.32 Å². The van der Waals surface area contributed by atoms with E-state index in [1.165, 1.54) is 6.20 Å². The van der Waals surface area contributed by atoms with Crippen LogP contribution in [0.4, 0.5) is 0 Å². The Morgan fingerprint density at radius 1 is 1.90 bits per heavy atom. The number of carbonyl (C=O) groups is 1. The molecule has 0 radical (unpaired) electrons. The number of rotatable bonds is 2. The summed E-state index contributed by atoms with van der Waals surface area (Å²) < 4.78 is 4.70. The quantitative estimate of drug-likeness (QED) is 0.627. The van der Waals surface area contributed by atoms with Gasteiger partial charge in [0.25, 0.3) is 0 Å². The highest BCUT2D eigenvalue weighted by molar-refractivity contribution is 5.77. The summed E-state index contributed by atoms with van der Waals surface area (Å²) in [5.41, 5.74) is 0. The summed E-state index contributed by atoms with van der Waals surface area (Å²) in [4.78, 5) is 10.7. The molecule has 1 heterocycles. The largest absolute Gasteiger partial charge is 0.361 e. The lowest BCUT2D eigenvalue weighted by Crippen LogP contribution is -2.19. The van der Waals surface area contributed by atoms with Crippen molar-refractivity contribution in [3.05, 3.63) is 18.0 Å². The summed E-state index contributed by atoms with van der Waals surface area (Å²) in [6.45, 7) is 0. The Morgan fingerprint density at radius 2 is 2.70 bits per heavy atom. The lowest BCUT2D eigenvalue weighted by atomic mass is 10.3. The molecule has 0 aliphatic rings. The van der Waals surface area contributed by atoms with Crippen molar-refractivity contribution in [2.45, 2.75) is 6.42 Å². The Hall–Kier alpha value is -1.32. The van der Waals surface area contributed by atoms with Crippen molar-refractivity contribution in [1.29, 1.82) is 0 Å². The van der Waals surface area contributed by atoms with Gasteiger partial charge in [-0.15, -0.1) is 0 Å². The van der Waals surface area contributed by atoms with Crippen molar-refractivity contribution >= 4 is 5.91 Å². The van der Waals surface area contributed by atoms with Gasteiger partial charge in [-0.1, -0.05) is 5.16 Å². The van der Waals surface area contributed by atoms with Crippen LogP contribution in [0.25, 0.3) is 0 Å². The first kappa shape index (κ1) is 6.80. The Morgan fingerprint density at radius 3 is 3.20 bits per heavy atom. The molecule has 0 saturated carbocycles. The standard InChI is InChI=1S/C6H8N2O2/c1-7-6(9)4-5-2-3-8-10-5/h2-3H,4H2,1H3,(H,7,9). The zero-order valence-corrected chi connectivity index (χ0v) is 5.63. The molecule has 4 nitrogen and oxygen atoms in total. The Bertz CT molecular complexity index is 206. The van der Waals surface area contributed by atoms with Crippen LogP contribution in [0, 0.1) is 0 Å². The SMILES string of the molecule is CNC(=O)Cc1ccno1. The van der Waals surface area contributed by atoms with Crippen LogP contribution in [0.1, 0.15) is 5.76 Å². The third kappa shape index (κ3) is 1.58. The van der Waals surface area contributed by atoms with E-state index >= 15 is 0 Å². The molecule has 0 unspecified atom stereocenters. The number of carbonyl (C=O) groups excluding carboxylic acids is 1. The van der Waals surface area contributed by atoms with E-state index in [1.807, 2.05) is 0 Å². The Balaban J connectivity index is 2.48. The fraction of sp³-hybridized carbons (Fsp3) is 0.333. The highest BCUT2D eigenvalue weighted by Crippen LogP contribution is 1.96. The van der Waals surface area contributed by atoms with E-state index in [0.717, 1.165) is 0 Å². The van der Waals surface area contributed by atoms with Crippen molar-refractivity contribution in [2.24, 2.45) is 0 Å². The third-order valence-corrected chi connectivity index (χ3v) is 1.10. The van der Waals surface area contributed by atoms with Crippen LogP contribution in [-0.2, 0) is 11.2 Å². The molecule has 1 N–H and O–H groups in total. The maximum atomic E-state index is 10.7. The van der Waals surface area contributed by atoms with Crippen molar-refractivity contribution in [2.75, 3.05) is 7.05 Å². The second-order valence-corrected chi connectivity index (χ2v) is 1.83. The average Bonchev–Trinajstić information content (AvgIpc) is 2.40. The second-order valence-electron chi connectivity index (χ2n) is 1.83. The summed E-state index contributed by atoms with van der Waals surface area (Å²) in [6.07, 6.45) is 1.77. The van der Waals surface area contributed by atoms with Crippen molar-refractivity contribution < 1.29 is 9.32 Å². The molecule has 0 atom stereocenters. The van der Waals surface area contributed by atoms with Crippen molar-refractivity contribution in [1.82, 2.24) is 10.5 Å². The normalized spacial score (nSPS) is 9.30. The van der Waals surface area contributed by atoms with Gasteiger partial charge in [0, 0.05) is 13.1 Å². The van der Waals surface area contributed by atoms with Gasteiger partial charge >= 0.3 is 0 Å². The average molecular weight is 140 g/mol. The van der Waals surface area contributed by atoms with Crippen LogP contribution in [0.15, 0.2) is 16.8 Å². The first-order valence-corrected chi connectivity index (χ1v) is 2.93. The van der Waals surface area contributed by atoms with Crippen molar-refractivity contribution in [3.8, 4) is 0 Å². The minimum Gasteiger partial charge on any atom is -0.361 e. The molecular weight excluding hydrogens is 132 g/mol. The van der Waals surface area contributed by atoms with Crippen LogP contribution in [-0.4, -0.2) is 18.1 Å². The van der Waals surface area contributed by atoms with E-state index in [2.05, 4.69) is 10.5 Å². The molecule has 4 heteroatoms. The first-order chi connectivity index (χ1) is 4.83. The topological polar surface area (TPSA) is 55.1 Å². The molecule has 0 aliphatic heterocycles. The molecule has 54 valence electrons. The number of nitrogens with zero attached hydrogens (tertiary/aromatic N) is 1. The fourth-order valence-corrected chi connectivity index (χ4v) is 0.580. The Kier molecular flexibility index (Phi) is 2.04. The molecule has 1 aromatic heterocycles. The molecule has 0 spiro atoms. The molecule has 0 fully saturated rings. The first-order valence-electron chi connectivity index (χ1n) is 2.93. The molecule has 10 heavy (non-hydrogen) atoms. The van der Waals surface area contributed by atoms with Gasteiger partial charge in [0.05, 0.1) is 12.6 Å². The van der Waals surface area contributed by atoms with Gasteiger partial charge in [-0.25, -0.2) is 0 Å². The van der Waals surface area contributed by atoms with Gasteiger partial charge in [0.2, 0.25) is 5.91 Å². The highest BCUT2D eigenvalue weighted by Gasteiger charge is 2.02. The molecule has 0 bridgehead atoms. The maximum Gasteiger partial charge on any atom is 0.227 e. The molecule has 1 amide bonds. The molecular formula is C6H8N2O2. The minimum atomic E-state index is -0.0725. The number of likely N-dealkylation sites (N-methyl/N-ethyl adjacent to an activating group) is 1. The third-order valence-electron chi connectivity index (χ3n) is 1.10. The molecule has 1 rings (SSSR count). The predicted octanol–water partition coefficient (Wildman–Crippen LogP) is -0.0369. The second kappa shape index (κ2) is 3.00. The van der Waals surface area contributed by atoms with Crippen LogP contribution in [0.5, 0.6) is 0 Å². The van der Waals surface area contributed by atoms with Gasteiger partial charge in [-0.2, -0.15) is 0 Å². The Labute approximate surface area is 58.2 Å². The smallest absolute Gasteiger partial charge is 0.227 e. The van der Waals surface area contributed by atoms with E-state index in [0.29, 0.717) is 5.76 Å². The van der Waals surface area contributed by atoms with Crippen LogP contribution in [0.3, 0.4) is 0 Å². The molecule has 0 saturated heterocycles. The summed E-state index contributed by atoms with van der Waals surface area (Å²) in [7, 11) is 1.58. The summed E-state index contributed by atoms with van der Waals surface area (Å²) in [6, 6.07) is 1.66. The van der Waals surface area contributed by atoms with Gasteiger partial charge in [0.1, 0.15) is 5.76 Å². The van der Waals surface area contributed by atoms with E-state index in [-0.39, 0.29) is 12.3 Å². The van der Waals surface area contributed by atoms with E-state index in [4.69, 9.17) is 4.52 Å². The predicted molar refractivity (Wildman–Crippen MR) is 34.3 cm³/mol. The highest BCUT2D eigenvalue weighted by atomic mass is 16.5. The van der Waals surface area contributed by atoms with Crippen molar-refractivity contribution in [3.63, 3.8) is 0 Å². The van der Waals surface area contributed by atoms with E-state index in [1.54, 1.807) is 13.1 Å². The number of hydrogen-bond acceptors (Lipinski definition) is 3. The van der Waals surface area contributed by atoms with Gasteiger partial charge in [0.15, 0.2) is 0 Å². The molecule has 0 aliphatic carbocycles. The zero-order valence-electron chi connectivity index (χ0n) is 5.63. The van der Waals surface area contributed by atoms with E-state index in [9.17, 15) is 4.79 Å². The number of amides is 1. The van der Waals surface area contributed by atoms with Gasteiger partial charge < -0.3 is 9.84 Å². The summed E-state index contributed by atoms with van der Waals surface area (Å²) in [5, 5.41) is 5.93. The molecule has 0 aromatic carbocycles. The maximum absolute atomic E-state index is 10.7. The minimum absolute atomic E-state index is 0.0725. The number of hydrogen-bond donors (Lipinski definition) is 1. The van der Waals surface area contributed by atoms with Gasteiger partial charge in [-0.3, -0.25) is 4.79 Å². The monoisotopic (exact) mass is 140 g/mol. The number of nitrogens with one attached hydrogen (secondary N) is 1. The van der Waals surface area contributed by atoms with Crippen LogP contribution in [0.2, 0.25) is 0 Å². The fourth-order valence-electron chi connectivity index (χ4n) is 0.580.